The van der Waals surface area contributed by atoms with Crippen LogP contribution in [0.5, 0.6) is 0 Å². The molecule has 0 bridgehead atoms. The molecule has 27 heavy (non-hydrogen) atoms. The zero-order valence-electron chi connectivity index (χ0n) is 13.8. The molecule has 138 valence electrons. The van der Waals surface area contributed by atoms with Gasteiger partial charge < -0.3 is 5.32 Å². The number of hydrogen-bond acceptors (Lipinski definition) is 5. The Labute approximate surface area is 163 Å². The molecule has 3 aromatic rings. The Balaban J connectivity index is 1.65. The third kappa shape index (κ3) is 5.02. The Morgan fingerprint density at radius 2 is 1.85 bits per heavy atom. The van der Waals surface area contributed by atoms with Crippen molar-refractivity contribution in [1.29, 1.82) is 0 Å². The Morgan fingerprint density at radius 3 is 2.52 bits per heavy atom. The molecule has 1 aromatic heterocycles. The van der Waals surface area contributed by atoms with Gasteiger partial charge in [0.15, 0.2) is 0 Å². The summed E-state index contributed by atoms with van der Waals surface area (Å²) in [6, 6.07) is 13.3. The number of H-pyrrole nitrogens is 1. The Kier molecular flexibility index (Phi) is 5.67. The van der Waals surface area contributed by atoms with E-state index < -0.39 is 10.0 Å². The Bertz CT molecular complexity index is 1060. The zero-order chi connectivity index (χ0) is 19.3. The first-order valence-corrected chi connectivity index (χ1v) is 9.93. The molecule has 8 nitrogen and oxygen atoms in total. The van der Waals surface area contributed by atoms with E-state index in [1.54, 1.807) is 6.08 Å². The molecular formula is C17H14BrN5O3S. The summed E-state index contributed by atoms with van der Waals surface area (Å²) in [4.78, 5) is 15.8. The third-order valence-corrected chi connectivity index (χ3v) is 5.47. The quantitative estimate of drug-likeness (QED) is 0.502. The van der Waals surface area contributed by atoms with Gasteiger partial charge in [0.1, 0.15) is 6.33 Å². The summed E-state index contributed by atoms with van der Waals surface area (Å²) < 4.78 is 27.6. The van der Waals surface area contributed by atoms with Crippen molar-refractivity contribution in [3.63, 3.8) is 0 Å². The minimum absolute atomic E-state index is 0.0181. The molecule has 3 N–H and O–H groups in total. The number of nitrogens with one attached hydrogen (secondary N) is 3. The van der Waals surface area contributed by atoms with Crippen LogP contribution in [0.4, 0.5) is 11.6 Å². The lowest BCUT2D eigenvalue weighted by atomic mass is 10.2. The first-order chi connectivity index (χ1) is 12.9. The molecule has 0 saturated carbocycles. The number of anilines is 2. The van der Waals surface area contributed by atoms with Gasteiger partial charge >= 0.3 is 0 Å². The Morgan fingerprint density at radius 1 is 1.11 bits per heavy atom. The molecule has 1 heterocycles. The van der Waals surface area contributed by atoms with Crippen LogP contribution in [0.25, 0.3) is 6.08 Å². The number of sulfonamides is 1. The smallest absolute Gasteiger partial charge is 0.264 e. The minimum Gasteiger partial charge on any atom is -0.323 e. The van der Waals surface area contributed by atoms with Gasteiger partial charge in [0.05, 0.1) is 4.90 Å². The van der Waals surface area contributed by atoms with E-state index in [1.165, 1.54) is 36.7 Å². The van der Waals surface area contributed by atoms with Crippen LogP contribution in [0.1, 0.15) is 5.56 Å². The van der Waals surface area contributed by atoms with Crippen molar-refractivity contribution in [2.45, 2.75) is 4.90 Å². The van der Waals surface area contributed by atoms with Crippen molar-refractivity contribution >= 4 is 49.6 Å². The number of aromatic nitrogens is 3. The summed E-state index contributed by atoms with van der Waals surface area (Å²) >= 11 is 3.40. The molecule has 0 saturated heterocycles. The van der Waals surface area contributed by atoms with E-state index in [1.807, 2.05) is 24.3 Å². The van der Waals surface area contributed by atoms with Gasteiger partial charge in [0.25, 0.3) is 10.0 Å². The van der Waals surface area contributed by atoms with Crippen molar-refractivity contribution in [3.05, 3.63) is 71.0 Å². The van der Waals surface area contributed by atoms with E-state index in [2.05, 4.69) is 41.2 Å². The number of rotatable bonds is 6. The predicted octanol–water partition coefficient (Wildman–Crippen LogP) is 3.02. The highest BCUT2D eigenvalue weighted by molar-refractivity contribution is 9.10. The lowest BCUT2D eigenvalue weighted by Crippen LogP contribution is -2.14. The van der Waals surface area contributed by atoms with Gasteiger partial charge in [-0.05, 0) is 42.0 Å². The topological polar surface area (TPSA) is 117 Å². The highest BCUT2D eigenvalue weighted by atomic mass is 79.9. The maximum atomic E-state index is 12.2. The second-order valence-electron chi connectivity index (χ2n) is 5.31. The molecule has 0 fully saturated rings. The summed E-state index contributed by atoms with van der Waals surface area (Å²) in [5.74, 6) is -0.314. The van der Waals surface area contributed by atoms with E-state index in [0.29, 0.717) is 5.69 Å². The SMILES string of the molecule is O=C(C=Cc1ccccc1Br)Nc1ccc(S(=O)(=O)Nc2ncn[nH]2)cc1. The minimum atomic E-state index is -3.80. The van der Waals surface area contributed by atoms with Gasteiger partial charge in [-0.1, -0.05) is 34.1 Å². The molecule has 10 heteroatoms. The molecule has 0 spiro atoms. The molecule has 0 aliphatic carbocycles. The number of halogens is 1. The first kappa shape index (κ1) is 18.8. The maximum Gasteiger partial charge on any atom is 0.264 e. The van der Waals surface area contributed by atoms with Crippen LogP contribution in [-0.2, 0) is 14.8 Å². The van der Waals surface area contributed by atoms with Crippen LogP contribution in [0.3, 0.4) is 0 Å². The molecule has 0 unspecified atom stereocenters. The lowest BCUT2D eigenvalue weighted by molar-refractivity contribution is -0.111. The zero-order valence-corrected chi connectivity index (χ0v) is 16.2. The predicted molar refractivity (Wildman–Crippen MR) is 105 cm³/mol. The molecule has 0 radical (unpaired) electrons. The average Bonchev–Trinajstić information content (AvgIpc) is 3.14. The van der Waals surface area contributed by atoms with Crippen LogP contribution < -0.4 is 10.0 Å². The van der Waals surface area contributed by atoms with Gasteiger partial charge in [0.2, 0.25) is 11.9 Å². The van der Waals surface area contributed by atoms with Crippen LogP contribution in [0, 0.1) is 0 Å². The maximum absolute atomic E-state index is 12.2. The van der Waals surface area contributed by atoms with E-state index in [-0.39, 0.29) is 16.8 Å². The van der Waals surface area contributed by atoms with Gasteiger partial charge in [-0.25, -0.2) is 18.2 Å². The third-order valence-electron chi connectivity index (χ3n) is 3.40. The van der Waals surface area contributed by atoms with Gasteiger partial charge in [-0.15, -0.1) is 0 Å². The second-order valence-corrected chi connectivity index (χ2v) is 7.84. The van der Waals surface area contributed by atoms with E-state index in [4.69, 9.17) is 0 Å². The molecule has 3 rings (SSSR count). The van der Waals surface area contributed by atoms with Gasteiger partial charge in [-0.3, -0.25) is 4.79 Å². The van der Waals surface area contributed by atoms with Gasteiger partial charge in [-0.2, -0.15) is 10.1 Å². The number of hydrogen-bond donors (Lipinski definition) is 3. The summed E-state index contributed by atoms with van der Waals surface area (Å²) in [5, 5.41) is 8.66. The fourth-order valence-corrected chi connectivity index (χ4v) is 3.50. The van der Waals surface area contributed by atoms with Crippen molar-refractivity contribution in [2.24, 2.45) is 0 Å². The monoisotopic (exact) mass is 447 g/mol. The van der Waals surface area contributed by atoms with Gasteiger partial charge in [0, 0.05) is 16.2 Å². The average molecular weight is 448 g/mol. The number of amides is 1. The molecular weight excluding hydrogens is 434 g/mol. The second kappa shape index (κ2) is 8.14. The fraction of sp³-hybridized carbons (Fsp3) is 0. The number of carbonyl (C=O) groups is 1. The first-order valence-electron chi connectivity index (χ1n) is 7.66. The highest BCUT2D eigenvalue weighted by Crippen LogP contribution is 2.18. The van der Waals surface area contributed by atoms with E-state index in [9.17, 15) is 13.2 Å². The normalized spacial score (nSPS) is 11.4. The van der Waals surface area contributed by atoms with Crippen molar-refractivity contribution in [1.82, 2.24) is 15.2 Å². The molecule has 1 amide bonds. The fourth-order valence-electron chi connectivity index (χ4n) is 2.12. The number of aromatic amines is 1. The lowest BCUT2D eigenvalue weighted by Gasteiger charge is -2.07. The summed E-state index contributed by atoms with van der Waals surface area (Å²) in [7, 11) is -3.80. The highest BCUT2D eigenvalue weighted by Gasteiger charge is 2.15. The number of nitrogens with zero attached hydrogens (tertiary/aromatic N) is 2. The van der Waals surface area contributed by atoms with Crippen molar-refractivity contribution in [2.75, 3.05) is 10.0 Å². The van der Waals surface area contributed by atoms with Crippen molar-refractivity contribution in [3.8, 4) is 0 Å². The molecule has 0 atom stereocenters. The summed E-state index contributed by atoms with van der Waals surface area (Å²) in [5.41, 5.74) is 1.34. The van der Waals surface area contributed by atoms with Crippen LogP contribution in [0.15, 0.2) is 70.3 Å². The standard InChI is InChI=1S/C17H14BrN5O3S/c18-15-4-2-1-3-12(15)5-10-16(24)21-13-6-8-14(9-7-13)27(25,26)23-17-19-11-20-22-17/h1-11H,(H,21,24)(H2,19,20,22,23). The number of benzene rings is 2. The Hall–Kier alpha value is -2.98. The largest absolute Gasteiger partial charge is 0.323 e. The van der Waals surface area contributed by atoms with Crippen LogP contribution in [0.2, 0.25) is 0 Å². The molecule has 0 aliphatic rings. The summed E-state index contributed by atoms with van der Waals surface area (Å²) in [6.45, 7) is 0. The van der Waals surface area contributed by atoms with Crippen LogP contribution in [-0.4, -0.2) is 29.5 Å². The van der Waals surface area contributed by atoms with E-state index in [0.717, 1.165) is 10.0 Å². The van der Waals surface area contributed by atoms with Crippen LogP contribution >= 0.6 is 15.9 Å². The summed E-state index contributed by atoms with van der Waals surface area (Å²) in [6.07, 6.45) is 4.27. The molecule has 2 aromatic carbocycles. The van der Waals surface area contributed by atoms with E-state index >= 15 is 0 Å². The number of carbonyl (C=O) groups excluding carboxylic acids is 1. The molecule has 0 aliphatic heterocycles. The van der Waals surface area contributed by atoms with Crippen molar-refractivity contribution < 1.29 is 13.2 Å².